The van der Waals surface area contributed by atoms with Gasteiger partial charge in [-0.15, -0.1) is 0 Å². The Bertz CT molecular complexity index is 1000. The van der Waals surface area contributed by atoms with Crippen LogP contribution in [0.5, 0.6) is 17.2 Å². The van der Waals surface area contributed by atoms with Gasteiger partial charge in [0.25, 0.3) is 0 Å². The van der Waals surface area contributed by atoms with Gasteiger partial charge < -0.3 is 19.3 Å². The molecule has 1 aliphatic rings. The number of esters is 1. The van der Waals surface area contributed by atoms with Crippen molar-refractivity contribution >= 4 is 27.7 Å². The van der Waals surface area contributed by atoms with E-state index in [1.54, 1.807) is 12.1 Å². The number of benzene rings is 2. The maximum atomic E-state index is 11.8. The van der Waals surface area contributed by atoms with Gasteiger partial charge in [0, 0.05) is 12.0 Å². The van der Waals surface area contributed by atoms with E-state index in [1.807, 2.05) is 25.1 Å². The van der Waals surface area contributed by atoms with E-state index in [-0.39, 0.29) is 36.1 Å². The lowest BCUT2D eigenvalue weighted by Gasteiger charge is -2.31. The zero-order chi connectivity index (χ0) is 24.0. The first-order valence-corrected chi connectivity index (χ1v) is 12.2. The van der Waals surface area contributed by atoms with Crippen molar-refractivity contribution in [3.05, 3.63) is 51.5 Å². The van der Waals surface area contributed by atoms with Crippen molar-refractivity contribution in [3.63, 3.8) is 0 Å². The minimum atomic E-state index is -0.285. The molecule has 0 unspecified atom stereocenters. The third kappa shape index (κ3) is 6.50. The van der Waals surface area contributed by atoms with E-state index in [0.717, 1.165) is 47.9 Å². The fourth-order valence-electron chi connectivity index (χ4n) is 4.17. The zero-order valence-electron chi connectivity index (χ0n) is 19.4. The van der Waals surface area contributed by atoms with E-state index in [4.69, 9.17) is 14.2 Å². The van der Waals surface area contributed by atoms with Crippen molar-refractivity contribution in [3.8, 4) is 17.2 Å². The second-order valence-corrected chi connectivity index (χ2v) is 9.26. The molecule has 6 nitrogen and oxygen atoms in total. The SMILES string of the molecule is CCCc1c(O[C@@H]2CCC[C@H](Oc3ccc(CC(=O)OC)cc3Br)C2)ccc(C(C)=O)c1O. The Balaban J connectivity index is 1.68. The Morgan fingerprint density at radius 1 is 1.09 bits per heavy atom. The van der Waals surface area contributed by atoms with Crippen LogP contribution in [0.3, 0.4) is 0 Å². The van der Waals surface area contributed by atoms with Crippen LogP contribution in [0, 0.1) is 0 Å². The lowest BCUT2D eigenvalue weighted by Crippen LogP contribution is -2.32. The monoisotopic (exact) mass is 518 g/mol. The van der Waals surface area contributed by atoms with Gasteiger partial charge in [-0.1, -0.05) is 19.4 Å². The number of ether oxygens (including phenoxy) is 3. The molecule has 1 N–H and O–H groups in total. The van der Waals surface area contributed by atoms with Gasteiger partial charge in [-0.25, -0.2) is 0 Å². The molecule has 1 saturated carbocycles. The summed E-state index contributed by atoms with van der Waals surface area (Å²) >= 11 is 3.54. The fourth-order valence-corrected chi connectivity index (χ4v) is 4.69. The van der Waals surface area contributed by atoms with E-state index in [1.165, 1.54) is 14.0 Å². The van der Waals surface area contributed by atoms with Gasteiger partial charge in [-0.2, -0.15) is 0 Å². The number of carbonyl (C=O) groups is 2. The average Bonchev–Trinajstić information content (AvgIpc) is 2.78. The molecule has 0 aromatic heterocycles. The number of rotatable bonds is 9. The quantitative estimate of drug-likeness (QED) is 0.334. The van der Waals surface area contributed by atoms with Crippen LogP contribution in [-0.2, 0) is 22.4 Å². The Hall–Kier alpha value is -2.54. The smallest absolute Gasteiger partial charge is 0.309 e. The lowest BCUT2D eigenvalue weighted by molar-refractivity contribution is -0.139. The van der Waals surface area contributed by atoms with E-state index in [0.29, 0.717) is 23.3 Å². The molecule has 1 aliphatic carbocycles. The molecule has 1 fully saturated rings. The third-order valence-corrected chi connectivity index (χ3v) is 6.48. The number of Topliss-reactive ketones (excluding diaryl/α,β-unsaturated/α-hetero) is 1. The van der Waals surface area contributed by atoms with Gasteiger partial charge in [0.1, 0.15) is 29.5 Å². The topological polar surface area (TPSA) is 82.1 Å². The summed E-state index contributed by atoms with van der Waals surface area (Å²) in [5.41, 5.74) is 1.87. The van der Waals surface area contributed by atoms with Crippen LogP contribution >= 0.6 is 15.9 Å². The van der Waals surface area contributed by atoms with Crippen molar-refractivity contribution < 1.29 is 28.9 Å². The molecular weight excluding hydrogens is 488 g/mol. The fraction of sp³-hybridized carbons (Fsp3) is 0.462. The van der Waals surface area contributed by atoms with Gasteiger partial charge in [0.15, 0.2) is 5.78 Å². The number of halogens is 1. The second kappa shape index (κ2) is 11.5. The summed E-state index contributed by atoms with van der Waals surface area (Å²) in [4.78, 5) is 23.3. The standard InChI is InChI=1S/C26H31BrO6/c1-4-6-21-23(12-10-20(16(2)28)26(21)30)32-18-7-5-8-19(15-18)33-24-11-9-17(13-22(24)27)14-25(29)31-3/h9-13,18-19,30H,4-8,14-15H2,1-3H3/t18-,19+/m1/s1. The molecule has 0 aliphatic heterocycles. The Morgan fingerprint density at radius 3 is 2.36 bits per heavy atom. The molecule has 0 spiro atoms. The highest BCUT2D eigenvalue weighted by Gasteiger charge is 2.27. The highest BCUT2D eigenvalue weighted by molar-refractivity contribution is 9.10. The molecule has 0 heterocycles. The first kappa shape index (κ1) is 25.1. The Morgan fingerprint density at radius 2 is 1.76 bits per heavy atom. The summed E-state index contributed by atoms with van der Waals surface area (Å²) in [6, 6.07) is 9.03. The van der Waals surface area contributed by atoms with Crippen LogP contribution < -0.4 is 9.47 Å². The molecule has 0 saturated heterocycles. The predicted octanol–water partition coefficient (Wildman–Crippen LogP) is 5.79. The molecule has 0 bridgehead atoms. The molecule has 2 atom stereocenters. The molecule has 0 amide bonds. The van der Waals surface area contributed by atoms with Gasteiger partial charge in [0.05, 0.1) is 23.6 Å². The largest absolute Gasteiger partial charge is 0.507 e. The third-order valence-electron chi connectivity index (χ3n) is 5.86. The lowest BCUT2D eigenvalue weighted by atomic mass is 9.94. The number of phenolic OH excluding ortho intramolecular Hbond substituents is 1. The highest BCUT2D eigenvalue weighted by atomic mass is 79.9. The van der Waals surface area contributed by atoms with Gasteiger partial charge in [-0.3, -0.25) is 9.59 Å². The van der Waals surface area contributed by atoms with Crippen molar-refractivity contribution in [1.29, 1.82) is 0 Å². The summed E-state index contributed by atoms with van der Waals surface area (Å²) in [6.07, 6.45) is 5.15. The summed E-state index contributed by atoms with van der Waals surface area (Å²) in [7, 11) is 1.38. The maximum Gasteiger partial charge on any atom is 0.309 e. The number of hydrogen-bond acceptors (Lipinski definition) is 6. The number of hydrogen-bond donors (Lipinski definition) is 1. The molecule has 2 aromatic rings. The number of carbonyl (C=O) groups excluding carboxylic acids is 2. The second-order valence-electron chi connectivity index (χ2n) is 8.41. The molecule has 7 heteroatoms. The highest BCUT2D eigenvalue weighted by Crippen LogP contribution is 2.36. The van der Waals surface area contributed by atoms with Crippen molar-refractivity contribution in [2.24, 2.45) is 0 Å². The van der Waals surface area contributed by atoms with Crippen molar-refractivity contribution in [2.75, 3.05) is 7.11 Å². The molecule has 178 valence electrons. The summed E-state index contributed by atoms with van der Waals surface area (Å²) in [5.74, 6) is 0.947. The average molecular weight is 519 g/mol. The van der Waals surface area contributed by atoms with Gasteiger partial charge in [0.2, 0.25) is 0 Å². The van der Waals surface area contributed by atoms with Crippen LogP contribution in [0.15, 0.2) is 34.8 Å². The Kier molecular flexibility index (Phi) is 8.78. The van der Waals surface area contributed by atoms with Crippen LogP contribution in [0.2, 0.25) is 0 Å². The molecule has 2 aromatic carbocycles. The van der Waals surface area contributed by atoms with E-state index >= 15 is 0 Å². The van der Waals surface area contributed by atoms with Crippen molar-refractivity contribution in [1.82, 2.24) is 0 Å². The molecule has 0 radical (unpaired) electrons. The van der Waals surface area contributed by atoms with E-state index in [9.17, 15) is 14.7 Å². The van der Waals surface area contributed by atoms with Crippen molar-refractivity contribution in [2.45, 2.75) is 71.0 Å². The molecule has 33 heavy (non-hydrogen) atoms. The van der Waals surface area contributed by atoms with E-state index in [2.05, 4.69) is 15.9 Å². The number of methoxy groups -OCH3 is 1. The number of ketones is 1. The first-order valence-electron chi connectivity index (χ1n) is 11.4. The van der Waals surface area contributed by atoms with Crippen LogP contribution in [0.4, 0.5) is 0 Å². The first-order chi connectivity index (χ1) is 15.8. The maximum absolute atomic E-state index is 11.8. The zero-order valence-corrected chi connectivity index (χ0v) is 20.9. The van der Waals surface area contributed by atoms with E-state index < -0.39 is 0 Å². The predicted molar refractivity (Wildman–Crippen MR) is 129 cm³/mol. The normalized spacial score (nSPS) is 17.9. The number of aromatic hydroxyl groups is 1. The summed E-state index contributed by atoms with van der Waals surface area (Å²) in [6.45, 7) is 3.48. The number of phenols is 1. The van der Waals surface area contributed by atoms with Crippen LogP contribution in [-0.4, -0.2) is 36.2 Å². The molecule has 3 rings (SSSR count). The van der Waals surface area contributed by atoms with Gasteiger partial charge in [-0.05, 0) is 78.4 Å². The summed E-state index contributed by atoms with van der Waals surface area (Å²) in [5, 5.41) is 10.6. The minimum absolute atomic E-state index is 0.00813. The van der Waals surface area contributed by atoms with Crippen LogP contribution in [0.25, 0.3) is 0 Å². The van der Waals surface area contributed by atoms with Crippen LogP contribution in [0.1, 0.15) is 67.4 Å². The summed E-state index contributed by atoms with van der Waals surface area (Å²) < 4.78 is 18.1. The van der Waals surface area contributed by atoms with Gasteiger partial charge >= 0.3 is 5.97 Å². The Labute approximate surface area is 203 Å². The minimum Gasteiger partial charge on any atom is -0.507 e. The molecular formula is C26H31BrO6.